The van der Waals surface area contributed by atoms with Crippen LogP contribution in [0.3, 0.4) is 0 Å². The van der Waals surface area contributed by atoms with Gasteiger partial charge < -0.3 is 5.11 Å². The van der Waals surface area contributed by atoms with Crippen molar-refractivity contribution in [2.75, 3.05) is 0 Å². The van der Waals surface area contributed by atoms with Crippen LogP contribution in [0.25, 0.3) is 0 Å². The fourth-order valence-electron chi connectivity index (χ4n) is 1.14. The fourth-order valence-corrected chi connectivity index (χ4v) is 1.49. The molecule has 0 heterocycles. The first-order valence-corrected chi connectivity index (χ1v) is 5.07. The van der Waals surface area contributed by atoms with Crippen molar-refractivity contribution in [2.24, 2.45) is 0 Å². The van der Waals surface area contributed by atoms with Gasteiger partial charge in [-0.2, -0.15) is 0 Å². The van der Waals surface area contributed by atoms with Crippen molar-refractivity contribution in [1.29, 1.82) is 0 Å². The summed E-state index contributed by atoms with van der Waals surface area (Å²) >= 11 is 11.5. The van der Waals surface area contributed by atoms with Crippen LogP contribution < -0.4 is 0 Å². The van der Waals surface area contributed by atoms with Crippen LogP contribution in [0, 0.1) is 0 Å². The lowest BCUT2D eigenvalue weighted by Crippen LogP contribution is -1.86. The molecule has 0 aromatic heterocycles. The third-order valence-electron chi connectivity index (χ3n) is 1.92. The topological polar surface area (TPSA) is 20.2 Å². The van der Waals surface area contributed by atoms with Crippen LogP contribution >= 0.6 is 23.2 Å². The first-order valence-electron chi connectivity index (χ1n) is 4.32. The highest BCUT2D eigenvalue weighted by molar-refractivity contribution is 6.42. The van der Waals surface area contributed by atoms with Gasteiger partial charge in [-0.1, -0.05) is 36.5 Å². The minimum Gasteiger partial charge on any atom is -0.508 e. The second-order valence-electron chi connectivity index (χ2n) is 3.00. The summed E-state index contributed by atoms with van der Waals surface area (Å²) in [5.74, 6) is 0.239. The molecule has 1 N–H and O–H groups in total. The van der Waals surface area contributed by atoms with Gasteiger partial charge in [-0.25, -0.2) is 0 Å². The van der Waals surface area contributed by atoms with Gasteiger partial charge in [-0.3, -0.25) is 0 Å². The van der Waals surface area contributed by atoms with E-state index in [1.807, 2.05) is 0 Å². The van der Waals surface area contributed by atoms with E-state index >= 15 is 0 Å². The highest BCUT2D eigenvalue weighted by Gasteiger charge is 2.05. The zero-order valence-electron chi connectivity index (χ0n) is 7.48. The summed E-state index contributed by atoms with van der Waals surface area (Å²) in [6.07, 6.45) is 2.99. The number of unbranched alkanes of at least 4 members (excludes halogenated alkanes) is 1. The van der Waals surface area contributed by atoms with Gasteiger partial charge >= 0.3 is 0 Å². The van der Waals surface area contributed by atoms with E-state index in [9.17, 15) is 5.11 Å². The Hall–Kier alpha value is -0.400. The number of rotatable bonds is 3. The van der Waals surface area contributed by atoms with E-state index in [2.05, 4.69) is 6.92 Å². The predicted molar refractivity (Wildman–Crippen MR) is 56.7 cm³/mol. The van der Waals surface area contributed by atoms with Crippen molar-refractivity contribution in [2.45, 2.75) is 26.2 Å². The molecular weight excluding hydrogens is 207 g/mol. The van der Waals surface area contributed by atoms with Gasteiger partial charge in [0, 0.05) is 6.07 Å². The molecule has 0 radical (unpaired) electrons. The standard InChI is InChI=1S/C10H12Cl2O/c1-2-3-4-7-5-8(11)9(12)6-10(7)13/h5-6,13H,2-4H2,1H3. The molecule has 0 atom stereocenters. The second kappa shape index (κ2) is 4.73. The second-order valence-corrected chi connectivity index (χ2v) is 3.81. The lowest BCUT2D eigenvalue weighted by atomic mass is 10.1. The summed E-state index contributed by atoms with van der Waals surface area (Å²) in [5.41, 5.74) is 0.872. The van der Waals surface area contributed by atoms with Crippen LogP contribution in [0.1, 0.15) is 25.3 Å². The maximum Gasteiger partial charge on any atom is 0.120 e. The Kier molecular flexibility index (Phi) is 3.89. The van der Waals surface area contributed by atoms with E-state index in [1.54, 1.807) is 6.07 Å². The number of hydrogen-bond donors (Lipinski definition) is 1. The van der Waals surface area contributed by atoms with Gasteiger partial charge in [0.1, 0.15) is 5.75 Å². The minimum atomic E-state index is 0.239. The van der Waals surface area contributed by atoms with Crippen molar-refractivity contribution in [3.63, 3.8) is 0 Å². The Balaban J connectivity index is 2.88. The van der Waals surface area contributed by atoms with Crippen molar-refractivity contribution in [1.82, 2.24) is 0 Å². The Bertz CT molecular complexity index is 297. The molecule has 0 saturated heterocycles. The largest absolute Gasteiger partial charge is 0.508 e. The Morgan fingerprint density at radius 2 is 1.85 bits per heavy atom. The van der Waals surface area contributed by atoms with Gasteiger partial charge in [0.2, 0.25) is 0 Å². The predicted octanol–water partition coefficient (Wildman–Crippen LogP) is 4.04. The van der Waals surface area contributed by atoms with Gasteiger partial charge in [0.15, 0.2) is 0 Å². The average molecular weight is 219 g/mol. The summed E-state index contributed by atoms with van der Waals surface area (Å²) in [6.45, 7) is 2.11. The highest BCUT2D eigenvalue weighted by Crippen LogP contribution is 2.30. The van der Waals surface area contributed by atoms with Crippen molar-refractivity contribution in [3.8, 4) is 5.75 Å². The number of phenolic OH excluding ortho intramolecular Hbond substituents is 1. The number of hydrogen-bond acceptors (Lipinski definition) is 1. The fraction of sp³-hybridized carbons (Fsp3) is 0.400. The van der Waals surface area contributed by atoms with E-state index in [4.69, 9.17) is 23.2 Å². The molecule has 1 aromatic rings. The molecule has 3 heteroatoms. The van der Waals surface area contributed by atoms with Gasteiger partial charge in [0.25, 0.3) is 0 Å². The van der Waals surface area contributed by atoms with Crippen LogP contribution in [0.2, 0.25) is 10.0 Å². The first kappa shape index (κ1) is 10.7. The molecule has 0 saturated carbocycles. The summed E-state index contributed by atoms with van der Waals surface area (Å²) in [6, 6.07) is 3.23. The van der Waals surface area contributed by atoms with E-state index in [1.165, 1.54) is 6.07 Å². The third kappa shape index (κ3) is 2.78. The maximum absolute atomic E-state index is 9.50. The average Bonchev–Trinajstić information content (AvgIpc) is 2.09. The molecule has 1 nitrogen and oxygen atoms in total. The molecule has 0 spiro atoms. The maximum atomic E-state index is 9.50. The van der Waals surface area contributed by atoms with E-state index in [0.29, 0.717) is 10.0 Å². The first-order chi connectivity index (χ1) is 6.15. The summed E-state index contributed by atoms with van der Waals surface area (Å²) < 4.78 is 0. The van der Waals surface area contributed by atoms with Crippen LogP contribution in [-0.4, -0.2) is 5.11 Å². The molecule has 0 aliphatic rings. The van der Waals surface area contributed by atoms with Gasteiger partial charge in [-0.05, 0) is 24.5 Å². The molecule has 13 heavy (non-hydrogen) atoms. The van der Waals surface area contributed by atoms with Crippen molar-refractivity contribution >= 4 is 23.2 Å². The number of aryl methyl sites for hydroxylation is 1. The normalized spacial score (nSPS) is 10.4. The summed E-state index contributed by atoms with van der Waals surface area (Å²) in [4.78, 5) is 0. The molecule has 1 aromatic carbocycles. The molecule has 0 aliphatic carbocycles. The lowest BCUT2D eigenvalue weighted by Gasteiger charge is -2.05. The zero-order chi connectivity index (χ0) is 9.84. The number of phenols is 1. The Morgan fingerprint density at radius 3 is 2.46 bits per heavy atom. The molecule has 0 amide bonds. The SMILES string of the molecule is CCCCc1cc(Cl)c(Cl)cc1O. The molecule has 0 unspecified atom stereocenters. The third-order valence-corrected chi connectivity index (χ3v) is 2.64. The molecule has 0 fully saturated rings. The summed E-state index contributed by atoms with van der Waals surface area (Å²) in [7, 11) is 0. The Labute approximate surface area is 88.3 Å². The van der Waals surface area contributed by atoms with E-state index in [0.717, 1.165) is 24.8 Å². The number of aromatic hydroxyl groups is 1. The van der Waals surface area contributed by atoms with Gasteiger partial charge in [0.05, 0.1) is 10.0 Å². The minimum absolute atomic E-state index is 0.239. The molecule has 0 bridgehead atoms. The highest BCUT2D eigenvalue weighted by atomic mass is 35.5. The molecular formula is C10H12Cl2O. The molecule has 0 aliphatic heterocycles. The quantitative estimate of drug-likeness (QED) is 0.813. The zero-order valence-corrected chi connectivity index (χ0v) is 8.99. The van der Waals surface area contributed by atoms with Crippen molar-refractivity contribution in [3.05, 3.63) is 27.7 Å². The molecule has 72 valence electrons. The van der Waals surface area contributed by atoms with Crippen LogP contribution in [0.4, 0.5) is 0 Å². The van der Waals surface area contributed by atoms with Crippen LogP contribution in [0.15, 0.2) is 12.1 Å². The van der Waals surface area contributed by atoms with Crippen LogP contribution in [0.5, 0.6) is 5.75 Å². The van der Waals surface area contributed by atoms with Crippen LogP contribution in [-0.2, 0) is 6.42 Å². The van der Waals surface area contributed by atoms with Crippen molar-refractivity contribution < 1.29 is 5.11 Å². The smallest absolute Gasteiger partial charge is 0.120 e. The summed E-state index contributed by atoms with van der Waals surface area (Å²) in [5, 5.41) is 10.4. The number of halogens is 2. The van der Waals surface area contributed by atoms with E-state index in [-0.39, 0.29) is 5.75 Å². The molecule has 1 rings (SSSR count). The van der Waals surface area contributed by atoms with Gasteiger partial charge in [-0.15, -0.1) is 0 Å². The monoisotopic (exact) mass is 218 g/mol. The Morgan fingerprint density at radius 1 is 1.23 bits per heavy atom. The van der Waals surface area contributed by atoms with E-state index < -0.39 is 0 Å². The number of benzene rings is 1. The lowest BCUT2D eigenvalue weighted by molar-refractivity contribution is 0.467.